The van der Waals surface area contributed by atoms with Crippen LogP contribution in [0.25, 0.3) is 0 Å². The maximum Gasteiger partial charge on any atom is 0.333 e. The van der Waals surface area contributed by atoms with Gasteiger partial charge in [0.2, 0.25) is 0 Å². The molecule has 115 valence electrons. The van der Waals surface area contributed by atoms with E-state index in [0.717, 1.165) is 0 Å². The number of ether oxygens (including phenoxy) is 1. The minimum absolute atomic E-state index is 0. The third-order valence-electron chi connectivity index (χ3n) is 0.756. The summed E-state index contributed by atoms with van der Waals surface area (Å²) < 4.78 is 4.52. The Morgan fingerprint density at radius 3 is 1.63 bits per heavy atom. The number of hydrogen-bond acceptors (Lipinski definition) is 6. The molecule has 19 heavy (non-hydrogen) atoms. The van der Waals surface area contributed by atoms with Gasteiger partial charge >= 0.3 is 5.97 Å². The maximum absolute atomic E-state index is 10.6. The molecule has 0 aromatic carbocycles. The fourth-order valence-electron chi connectivity index (χ4n) is 0.295. The normalized spacial score (nSPS) is 8.53. The standard InChI is InChI=1S/C6H10O4.2C3H8O.V/c1-5(2)6(7)9-3-4-10-8;2*1-3(2)4;/h8H,1,3-4H2,2H3;2*3-4H,1-2H3;. The smallest absolute Gasteiger partial charge is 0.333 e. The van der Waals surface area contributed by atoms with Crippen molar-refractivity contribution in [1.82, 2.24) is 0 Å². The van der Waals surface area contributed by atoms with Crippen LogP contribution in [0.5, 0.6) is 0 Å². The Bertz CT molecular complexity index is 195. The Kier molecular flexibility index (Phi) is 28.4. The van der Waals surface area contributed by atoms with Crippen molar-refractivity contribution in [3.8, 4) is 0 Å². The van der Waals surface area contributed by atoms with Gasteiger partial charge in [-0.25, -0.2) is 9.68 Å². The summed E-state index contributed by atoms with van der Waals surface area (Å²) in [5, 5.41) is 23.9. The van der Waals surface area contributed by atoms with E-state index in [2.05, 4.69) is 16.2 Å². The molecule has 0 aliphatic heterocycles. The fourth-order valence-corrected chi connectivity index (χ4v) is 0.295. The molecule has 1 radical (unpaired) electrons. The van der Waals surface area contributed by atoms with E-state index in [1.807, 2.05) is 0 Å². The molecule has 0 saturated carbocycles. The summed E-state index contributed by atoms with van der Waals surface area (Å²) in [6.45, 7) is 11.8. The van der Waals surface area contributed by atoms with E-state index in [9.17, 15) is 4.79 Å². The monoisotopic (exact) mass is 317 g/mol. The predicted octanol–water partition coefficient (Wildman–Crippen LogP) is 1.37. The summed E-state index contributed by atoms with van der Waals surface area (Å²) in [6.07, 6.45) is -0.333. The van der Waals surface area contributed by atoms with E-state index in [0.29, 0.717) is 5.57 Å². The molecule has 0 bridgehead atoms. The summed E-state index contributed by atoms with van der Waals surface area (Å²) in [6, 6.07) is 0. The molecule has 0 saturated heterocycles. The third kappa shape index (κ3) is 57.8. The second-order valence-corrected chi connectivity index (χ2v) is 3.94. The van der Waals surface area contributed by atoms with Crippen LogP contribution in [0.2, 0.25) is 0 Å². The zero-order chi connectivity index (χ0) is 15.1. The van der Waals surface area contributed by atoms with Crippen molar-refractivity contribution in [2.45, 2.75) is 46.8 Å². The van der Waals surface area contributed by atoms with Crippen molar-refractivity contribution >= 4 is 5.97 Å². The van der Waals surface area contributed by atoms with E-state index in [4.69, 9.17) is 15.5 Å². The van der Waals surface area contributed by atoms with E-state index in [-0.39, 0.29) is 44.0 Å². The number of aliphatic hydroxyl groups excluding tert-OH is 2. The quantitative estimate of drug-likeness (QED) is 0.238. The average molecular weight is 317 g/mol. The van der Waals surface area contributed by atoms with E-state index >= 15 is 0 Å². The first kappa shape index (κ1) is 27.1. The number of esters is 1. The van der Waals surface area contributed by atoms with Gasteiger partial charge in [-0.3, -0.25) is 5.26 Å². The van der Waals surface area contributed by atoms with Crippen LogP contribution in [0.1, 0.15) is 34.6 Å². The third-order valence-corrected chi connectivity index (χ3v) is 0.756. The van der Waals surface area contributed by atoms with Crippen molar-refractivity contribution < 1.29 is 48.4 Å². The van der Waals surface area contributed by atoms with E-state index < -0.39 is 5.97 Å². The minimum atomic E-state index is -0.475. The zero-order valence-electron chi connectivity index (χ0n) is 12.3. The van der Waals surface area contributed by atoms with Crippen LogP contribution in [0.4, 0.5) is 0 Å². The molecule has 7 heteroatoms. The number of aliphatic hydroxyl groups is 2. The molecule has 0 fully saturated rings. The van der Waals surface area contributed by atoms with Gasteiger partial charge in [0.15, 0.2) is 0 Å². The van der Waals surface area contributed by atoms with Crippen LogP contribution in [0.15, 0.2) is 12.2 Å². The van der Waals surface area contributed by atoms with Crippen molar-refractivity contribution in [1.29, 1.82) is 0 Å². The Morgan fingerprint density at radius 2 is 1.42 bits per heavy atom. The van der Waals surface area contributed by atoms with Crippen molar-refractivity contribution in [3.05, 3.63) is 12.2 Å². The molecule has 3 N–H and O–H groups in total. The molecule has 0 aliphatic rings. The van der Waals surface area contributed by atoms with Gasteiger partial charge in [-0.1, -0.05) is 6.58 Å². The van der Waals surface area contributed by atoms with Crippen molar-refractivity contribution in [3.63, 3.8) is 0 Å². The molecule has 0 unspecified atom stereocenters. The summed E-state index contributed by atoms with van der Waals surface area (Å²) >= 11 is 0. The molecule has 0 atom stereocenters. The van der Waals surface area contributed by atoms with Gasteiger partial charge in [-0.15, -0.1) is 0 Å². The SMILES string of the molecule is C=C(C)C(=O)OCCOO.CC(C)O.CC(C)O.[V]. The molecule has 0 spiro atoms. The summed E-state index contributed by atoms with van der Waals surface area (Å²) in [4.78, 5) is 14.2. The number of hydrogen-bond donors (Lipinski definition) is 3. The summed E-state index contributed by atoms with van der Waals surface area (Å²) in [5.41, 5.74) is 0.331. The first-order valence-electron chi connectivity index (χ1n) is 5.60. The van der Waals surface area contributed by atoms with Gasteiger partial charge in [0.05, 0.1) is 0 Å². The molecular formula is C12H26O6V. The van der Waals surface area contributed by atoms with Gasteiger partial charge in [0, 0.05) is 36.3 Å². The molecule has 0 aromatic heterocycles. The van der Waals surface area contributed by atoms with Gasteiger partial charge < -0.3 is 14.9 Å². The van der Waals surface area contributed by atoms with Crippen LogP contribution in [-0.2, 0) is 33.0 Å². The van der Waals surface area contributed by atoms with Gasteiger partial charge in [0.1, 0.15) is 13.2 Å². The number of rotatable bonds is 4. The number of carbonyl (C=O) groups excluding carboxylic acids is 1. The zero-order valence-corrected chi connectivity index (χ0v) is 13.7. The van der Waals surface area contributed by atoms with Crippen molar-refractivity contribution in [2.24, 2.45) is 0 Å². The van der Waals surface area contributed by atoms with Crippen LogP contribution < -0.4 is 0 Å². The minimum Gasteiger partial charge on any atom is -0.460 e. The summed E-state index contributed by atoms with van der Waals surface area (Å²) in [5.74, 6) is -0.475. The molecule has 0 aromatic rings. The van der Waals surface area contributed by atoms with Crippen LogP contribution in [0, 0.1) is 0 Å². The summed E-state index contributed by atoms with van der Waals surface area (Å²) in [7, 11) is 0. The molecule has 0 aliphatic carbocycles. The second kappa shape index (κ2) is 20.0. The Morgan fingerprint density at radius 1 is 1.11 bits per heavy atom. The van der Waals surface area contributed by atoms with E-state index in [1.54, 1.807) is 34.6 Å². The Hall–Kier alpha value is -0.366. The molecule has 0 rings (SSSR count). The predicted molar refractivity (Wildman–Crippen MR) is 69.1 cm³/mol. The number of carbonyl (C=O) groups is 1. The van der Waals surface area contributed by atoms with Crippen LogP contribution in [-0.4, -0.2) is 46.9 Å². The van der Waals surface area contributed by atoms with Crippen LogP contribution >= 0.6 is 0 Å². The molecule has 0 heterocycles. The largest absolute Gasteiger partial charge is 0.460 e. The van der Waals surface area contributed by atoms with Gasteiger partial charge in [-0.2, -0.15) is 0 Å². The first-order chi connectivity index (χ1) is 8.14. The second-order valence-electron chi connectivity index (χ2n) is 3.94. The Balaban J connectivity index is -0.000000105. The maximum atomic E-state index is 10.6. The molecular weight excluding hydrogens is 291 g/mol. The van der Waals surface area contributed by atoms with Gasteiger partial charge in [-0.05, 0) is 34.6 Å². The fraction of sp³-hybridized carbons (Fsp3) is 0.750. The molecule has 6 nitrogen and oxygen atoms in total. The van der Waals surface area contributed by atoms with Crippen LogP contribution in [0.3, 0.4) is 0 Å². The van der Waals surface area contributed by atoms with Gasteiger partial charge in [0.25, 0.3) is 0 Å². The molecule has 0 amide bonds. The first-order valence-corrected chi connectivity index (χ1v) is 5.60. The Labute approximate surface area is 127 Å². The topological polar surface area (TPSA) is 96.2 Å². The van der Waals surface area contributed by atoms with Crippen molar-refractivity contribution in [2.75, 3.05) is 13.2 Å². The van der Waals surface area contributed by atoms with E-state index in [1.165, 1.54) is 0 Å². The average Bonchev–Trinajstić information content (AvgIpc) is 2.15.